The summed E-state index contributed by atoms with van der Waals surface area (Å²) in [7, 11) is 0. The summed E-state index contributed by atoms with van der Waals surface area (Å²) < 4.78 is 9.33. The molecule has 38 heavy (non-hydrogen) atoms. The second-order valence-corrected chi connectivity index (χ2v) is 9.08. The third-order valence-corrected chi connectivity index (χ3v) is 6.58. The molecule has 3 aromatic heterocycles. The Balaban J connectivity index is 1.16. The number of pyridine rings is 3. The average Bonchev–Trinajstić information content (AvgIpc) is 2.97. The van der Waals surface area contributed by atoms with E-state index in [-0.39, 0.29) is 17.2 Å². The van der Waals surface area contributed by atoms with E-state index in [1.807, 2.05) is 79.0 Å². The van der Waals surface area contributed by atoms with Gasteiger partial charge in [-0.2, -0.15) is 0 Å². The fourth-order valence-electron chi connectivity index (χ4n) is 4.57. The van der Waals surface area contributed by atoms with E-state index in [0.717, 1.165) is 40.6 Å². The molecule has 1 N–H and O–H groups in total. The molecule has 0 amide bonds. The van der Waals surface area contributed by atoms with Gasteiger partial charge in [0.25, 0.3) is 11.1 Å². The van der Waals surface area contributed by atoms with Crippen LogP contribution in [0.15, 0.2) is 119 Å². The van der Waals surface area contributed by atoms with Crippen LogP contribution in [0.1, 0.15) is 24.4 Å². The maximum Gasteiger partial charge on any atom is 0.258 e. The van der Waals surface area contributed by atoms with E-state index in [1.54, 1.807) is 33.8 Å². The summed E-state index contributed by atoms with van der Waals surface area (Å²) >= 11 is 0. The minimum atomic E-state index is -0.0682. The number of nitrogens with zero attached hydrogens (tertiary/aromatic N) is 3. The molecule has 0 bridgehead atoms. The Bertz CT molecular complexity index is 1590. The maximum absolute atomic E-state index is 12.8. The van der Waals surface area contributed by atoms with Crippen LogP contribution in [-0.4, -0.2) is 27.3 Å². The van der Waals surface area contributed by atoms with Gasteiger partial charge in [0.15, 0.2) is 0 Å². The molecule has 0 saturated carbocycles. The number of hydrogen-bond donors (Lipinski definition) is 1. The first-order valence-corrected chi connectivity index (χ1v) is 12.8. The second kappa shape index (κ2) is 12.2. The van der Waals surface area contributed by atoms with Crippen LogP contribution in [-0.2, 0) is 6.54 Å². The Morgan fingerprint density at radius 1 is 0.842 bits per heavy atom. The number of benzene rings is 2. The highest BCUT2D eigenvalue weighted by molar-refractivity contribution is 5.81. The molecule has 3 heterocycles. The third kappa shape index (κ3) is 6.07. The van der Waals surface area contributed by atoms with Gasteiger partial charge in [-0.15, -0.1) is 0 Å². The SMILES string of the molecule is O=c1c2ccccc2ccn1CCNC(CCCOc1ccc(-n2ccccc2=O)cc1)c1ccncc1. The first kappa shape index (κ1) is 25.2. The van der Waals surface area contributed by atoms with Crippen molar-refractivity contribution >= 4 is 10.8 Å². The zero-order valence-electron chi connectivity index (χ0n) is 21.1. The van der Waals surface area contributed by atoms with E-state index in [0.29, 0.717) is 19.7 Å². The molecular weight excluding hydrogens is 476 g/mol. The van der Waals surface area contributed by atoms with Gasteiger partial charge < -0.3 is 14.6 Å². The van der Waals surface area contributed by atoms with E-state index in [2.05, 4.69) is 10.3 Å². The molecule has 5 rings (SSSR count). The predicted octanol–water partition coefficient (Wildman–Crippen LogP) is 4.74. The molecule has 0 fully saturated rings. The summed E-state index contributed by atoms with van der Waals surface area (Å²) in [6, 6.07) is 26.4. The molecule has 0 aliphatic heterocycles. The monoisotopic (exact) mass is 506 g/mol. The Labute approximate surface area is 221 Å². The molecule has 1 unspecified atom stereocenters. The number of aromatic nitrogens is 3. The van der Waals surface area contributed by atoms with Crippen molar-refractivity contribution in [1.82, 2.24) is 19.4 Å². The largest absolute Gasteiger partial charge is 0.494 e. The quantitative estimate of drug-likeness (QED) is 0.262. The van der Waals surface area contributed by atoms with Crippen LogP contribution in [0.2, 0.25) is 0 Å². The van der Waals surface area contributed by atoms with E-state index in [4.69, 9.17) is 4.74 Å². The topological polar surface area (TPSA) is 78.2 Å². The first-order chi connectivity index (χ1) is 18.7. The summed E-state index contributed by atoms with van der Waals surface area (Å²) in [5, 5.41) is 5.31. The van der Waals surface area contributed by atoms with E-state index < -0.39 is 0 Å². The number of hydrogen-bond acceptors (Lipinski definition) is 5. The summed E-state index contributed by atoms with van der Waals surface area (Å²) in [5.41, 5.74) is 1.92. The molecule has 5 aromatic rings. The molecule has 1 atom stereocenters. The minimum absolute atomic E-state index is 0.0296. The van der Waals surface area contributed by atoms with Crippen molar-refractivity contribution in [3.63, 3.8) is 0 Å². The van der Waals surface area contributed by atoms with Crippen LogP contribution in [0.4, 0.5) is 0 Å². The van der Waals surface area contributed by atoms with Crippen molar-refractivity contribution in [3.05, 3.63) is 136 Å². The zero-order valence-corrected chi connectivity index (χ0v) is 21.1. The highest BCUT2D eigenvalue weighted by Crippen LogP contribution is 2.19. The van der Waals surface area contributed by atoms with Gasteiger partial charge in [-0.3, -0.25) is 19.1 Å². The number of fused-ring (bicyclic) bond motifs is 1. The lowest BCUT2D eigenvalue weighted by atomic mass is 10.0. The molecular formula is C31H30N4O3. The summed E-state index contributed by atoms with van der Waals surface area (Å²) in [6.45, 7) is 1.81. The second-order valence-electron chi connectivity index (χ2n) is 9.08. The molecule has 192 valence electrons. The molecule has 2 aromatic carbocycles. The lowest BCUT2D eigenvalue weighted by molar-refractivity contribution is 0.295. The summed E-state index contributed by atoms with van der Waals surface area (Å²) in [6.07, 6.45) is 8.92. The van der Waals surface area contributed by atoms with Crippen LogP contribution in [0.3, 0.4) is 0 Å². The highest BCUT2D eigenvalue weighted by Gasteiger charge is 2.11. The normalized spacial score (nSPS) is 11.9. The Kier molecular flexibility index (Phi) is 8.06. The Morgan fingerprint density at radius 3 is 2.45 bits per heavy atom. The molecule has 0 saturated heterocycles. The van der Waals surface area contributed by atoms with Gasteiger partial charge in [-0.25, -0.2) is 0 Å². The van der Waals surface area contributed by atoms with Crippen LogP contribution < -0.4 is 21.2 Å². The van der Waals surface area contributed by atoms with E-state index in [9.17, 15) is 9.59 Å². The van der Waals surface area contributed by atoms with Gasteiger partial charge in [0, 0.05) is 61.1 Å². The van der Waals surface area contributed by atoms with Crippen molar-refractivity contribution in [2.24, 2.45) is 0 Å². The Hall–Kier alpha value is -4.49. The van der Waals surface area contributed by atoms with Gasteiger partial charge in [0.05, 0.1) is 6.61 Å². The molecule has 0 aliphatic carbocycles. The summed E-state index contributed by atoms with van der Waals surface area (Å²) in [4.78, 5) is 29.0. The fourth-order valence-corrected chi connectivity index (χ4v) is 4.57. The average molecular weight is 507 g/mol. The standard InChI is InChI=1S/C31H30N4O3/c36-30-9-3-4-20-35(30)26-10-12-27(13-11-26)38-23-5-8-29(25-14-17-32-18-15-25)33-19-22-34-21-16-24-6-1-2-7-28(24)31(34)37/h1-4,6-7,9-18,20-21,29,33H,5,8,19,22-23H2. The molecule has 0 radical (unpaired) electrons. The number of rotatable bonds is 11. The van der Waals surface area contributed by atoms with E-state index in [1.165, 1.54) is 6.07 Å². The van der Waals surface area contributed by atoms with Crippen LogP contribution in [0.25, 0.3) is 16.5 Å². The van der Waals surface area contributed by atoms with Crippen molar-refractivity contribution < 1.29 is 4.74 Å². The van der Waals surface area contributed by atoms with Gasteiger partial charge in [-0.1, -0.05) is 24.3 Å². The Morgan fingerprint density at radius 2 is 1.63 bits per heavy atom. The van der Waals surface area contributed by atoms with Crippen LogP contribution in [0, 0.1) is 0 Å². The number of ether oxygens (including phenoxy) is 1. The maximum atomic E-state index is 12.8. The summed E-state index contributed by atoms with van der Waals surface area (Å²) in [5.74, 6) is 0.766. The van der Waals surface area contributed by atoms with Gasteiger partial charge in [0.1, 0.15) is 5.75 Å². The van der Waals surface area contributed by atoms with Crippen LogP contribution in [0.5, 0.6) is 5.75 Å². The molecule has 0 aliphatic rings. The number of nitrogens with one attached hydrogen (secondary N) is 1. The lowest BCUT2D eigenvalue weighted by Gasteiger charge is -2.20. The van der Waals surface area contributed by atoms with Gasteiger partial charge in [0.2, 0.25) is 0 Å². The van der Waals surface area contributed by atoms with Gasteiger partial charge >= 0.3 is 0 Å². The van der Waals surface area contributed by atoms with Crippen molar-refractivity contribution in [2.45, 2.75) is 25.4 Å². The first-order valence-electron chi connectivity index (χ1n) is 12.8. The zero-order chi connectivity index (χ0) is 26.2. The van der Waals surface area contributed by atoms with Crippen LogP contribution >= 0.6 is 0 Å². The van der Waals surface area contributed by atoms with Gasteiger partial charge in [-0.05, 0) is 78.4 Å². The fraction of sp³-hybridized carbons (Fsp3) is 0.194. The van der Waals surface area contributed by atoms with Crippen molar-refractivity contribution in [2.75, 3.05) is 13.2 Å². The highest BCUT2D eigenvalue weighted by atomic mass is 16.5. The molecule has 0 spiro atoms. The smallest absolute Gasteiger partial charge is 0.258 e. The van der Waals surface area contributed by atoms with E-state index >= 15 is 0 Å². The predicted molar refractivity (Wildman–Crippen MR) is 150 cm³/mol. The lowest BCUT2D eigenvalue weighted by Crippen LogP contribution is -2.29. The van der Waals surface area contributed by atoms with Crippen molar-refractivity contribution in [3.8, 4) is 11.4 Å². The molecule has 7 nitrogen and oxygen atoms in total. The molecule has 7 heteroatoms. The van der Waals surface area contributed by atoms with Crippen molar-refractivity contribution in [1.29, 1.82) is 0 Å². The minimum Gasteiger partial charge on any atom is -0.494 e. The third-order valence-electron chi connectivity index (χ3n) is 6.58.